The standard InChI is InChI=1S/C8H8N2/c1-2-7-3-5-9-6-8(7)10-4-1/h1,3-5H,2,6H2/q+1. The van der Waals surface area contributed by atoms with Crippen LogP contribution in [0.25, 0.3) is 0 Å². The molecule has 0 aromatic rings. The monoisotopic (exact) mass is 132 g/mol. The molecule has 2 rings (SSSR count). The van der Waals surface area contributed by atoms with Gasteiger partial charge in [0.25, 0.3) is 6.54 Å². The average molecular weight is 132 g/mol. The molecule has 0 bridgehead atoms. The highest BCUT2D eigenvalue weighted by Crippen LogP contribution is 2.11. The van der Waals surface area contributed by atoms with Crippen LogP contribution < -0.4 is 4.99 Å². The molecule has 2 aliphatic heterocycles. The Morgan fingerprint density at radius 3 is 3.40 bits per heavy atom. The van der Waals surface area contributed by atoms with Gasteiger partial charge in [0, 0.05) is 17.3 Å². The molecule has 0 saturated heterocycles. The van der Waals surface area contributed by atoms with Crippen LogP contribution in [0.5, 0.6) is 0 Å². The van der Waals surface area contributed by atoms with Gasteiger partial charge in [-0.15, -0.1) is 0 Å². The second-order valence-corrected chi connectivity index (χ2v) is 2.35. The minimum atomic E-state index is 0.760. The highest BCUT2D eigenvalue weighted by Gasteiger charge is 2.15. The molecule has 2 nitrogen and oxygen atoms in total. The second kappa shape index (κ2) is 2.21. The molecule has 0 aromatic heterocycles. The first-order valence-electron chi connectivity index (χ1n) is 3.38. The average Bonchev–Trinajstić information content (AvgIpc) is 2.05. The smallest absolute Gasteiger partial charge is 0.252 e. The first kappa shape index (κ1) is 5.59. The summed E-state index contributed by atoms with van der Waals surface area (Å²) in [6, 6.07) is 0. The van der Waals surface area contributed by atoms with E-state index in [4.69, 9.17) is 0 Å². The van der Waals surface area contributed by atoms with Crippen LogP contribution in [0, 0.1) is 0 Å². The van der Waals surface area contributed by atoms with Crippen molar-refractivity contribution < 1.29 is 0 Å². The Labute approximate surface area is 59.7 Å². The lowest BCUT2D eigenvalue weighted by molar-refractivity contribution is 1.10. The van der Waals surface area contributed by atoms with Crippen LogP contribution in [0.3, 0.4) is 0 Å². The Kier molecular flexibility index (Phi) is 1.24. The number of allylic oxidation sites excluding steroid dienone is 2. The number of aliphatic imine (C=N–C) groups is 2. The maximum absolute atomic E-state index is 4.21. The van der Waals surface area contributed by atoms with Crippen molar-refractivity contribution in [3.05, 3.63) is 23.9 Å². The molecule has 0 aliphatic carbocycles. The SMILES string of the molecule is C1=CN=C2C[N+]=CC=C2C1. The van der Waals surface area contributed by atoms with Crippen LogP contribution in [0.1, 0.15) is 6.42 Å². The van der Waals surface area contributed by atoms with Crippen LogP contribution in [-0.2, 0) is 0 Å². The minimum absolute atomic E-state index is 0.760. The zero-order valence-electron chi connectivity index (χ0n) is 5.62. The zero-order chi connectivity index (χ0) is 6.81. The number of hydrogen-bond donors (Lipinski definition) is 0. The molecule has 0 spiro atoms. The summed E-state index contributed by atoms with van der Waals surface area (Å²) in [5.41, 5.74) is 2.45. The van der Waals surface area contributed by atoms with Gasteiger partial charge in [0.1, 0.15) is 5.71 Å². The Morgan fingerprint density at radius 1 is 1.50 bits per heavy atom. The van der Waals surface area contributed by atoms with Crippen molar-refractivity contribution in [2.75, 3.05) is 6.54 Å². The quantitative estimate of drug-likeness (QED) is 0.463. The van der Waals surface area contributed by atoms with Crippen LogP contribution in [0.15, 0.2) is 28.9 Å². The van der Waals surface area contributed by atoms with Crippen molar-refractivity contribution in [1.82, 2.24) is 4.99 Å². The van der Waals surface area contributed by atoms with E-state index in [-0.39, 0.29) is 0 Å². The molecule has 0 aromatic carbocycles. The lowest BCUT2D eigenvalue weighted by atomic mass is 10.0. The fourth-order valence-corrected chi connectivity index (χ4v) is 1.11. The van der Waals surface area contributed by atoms with E-state index >= 15 is 0 Å². The van der Waals surface area contributed by atoms with Crippen LogP contribution >= 0.6 is 0 Å². The lowest BCUT2D eigenvalue weighted by Gasteiger charge is -2.06. The fraction of sp³-hybridized carbons (Fsp3) is 0.250. The van der Waals surface area contributed by atoms with Crippen molar-refractivity contribution >= 4 is 11.9 Å². The molecule has 49 valence electrons. The summed E-state index contributed by atoms with van der Waals surface area (Å²) in [6.45, 7) is 0.760. The third-order valence-corrected chi connectivity index (χ3v) is 1.67. The summed E-state index contributed by atoms with van der Waals surface area (Å²) >= 11 is 0. The maximum atomic E-state index is 4.21. The Bertz CT molecular complexity index is 228. The first-order valence-corrected chi connectivity index (χ1v) is 3.38. The van der Waals surface area contributed by atoms with E-state index in [0.717, 1.165) is 18.7 Å². The van der Waals surface area contributed by atoms with Gasteiger partial charge >= 0.3 is 0 Å². The number of hydrogen-bond acceptors (Lipinski definition) is 2. The zero-order valence-corrected chi connectivity index (χ0v) is 5.62. The normalized spacial score (nSPS) is 21.6. The molecule has 2 heteroatoms. The van der Waals surface area contributed by atoms with Crippen LogP contribution in [0.4, 0.5) is 0 Å². The highest BCUT2D eigenvalue weighted by atomic mass is 14.8. The van der Waals surface area contributed by atoms with Crippen molar-refractivity contribution in [3.8, 4) is 0 Å². The summed E-state index contributed by atoms with van der Waals surface area (Å²) < 4.78 is 0. The Hall–Kier alpha value is -1.18. The van der Waals surface area contributed by atoms with Crippen LogP contribution in [-0.4, -0.2) is 18.5 Å². The molecule has 0 atom stereocenters. The molecule has 1 radical (unpaired) electrons. The third-order valence-electron chi connectivity index (χ3n) is 1.67. The van der Waals surface area contributed by atoms with Gasteiger partial charge < -0.3 is 0 Å². The van der Waals surface area contributed by atoms with Gasteiger partial charge in [-0.3, -0.25) is 4.99 Å². The molecule has 2 aliphatic rings. The molecule has 0 saturated carbocycles. The van der Waals surface area contributed by atoms with E-state index in [1.165, 1.54) is 5.57 Å². The molecule has 0 N–H and O–H groups in total. The summed E-state index contributed by atoms with van der Waals surface area (Å²) in [6.07, 6.45) is 8.83. The third kappa shape index (κ3) is 0.817. The van der Waals surface area contributed by atoms with Crippen molar-refractivity contribution in [2.45, 2.75) is 6.42 Å². The molecule has 0 unspecified atom stereocenters. The lowest BCUT2D eigenvalue weighted by Crippen LogP contribution is -2.18. The number of rotatable bonds is 0. The second-order valence-electron chi connectivity index (χ2n) is 2.35. The van der Waals surface area contributed by atoms with Gasteiger partial charge in [0.15, 0.2) is 0 Å². The van der Waals surface area contributed by atoms with Crippen molar-refractivity contribution in [1.29, 1.82) is 0 Å². The van der Waals surface area contributed by atoms with Gasteiger partial charge in [-0.2, -0.15) is 0 Å². The van der Waals surface area contributed by atoms with E-state index in [0.29, 0.717) is 0 Å². The van der Waals surface area contributed by atoms with Crippen molar-refractivity contribution in [3.63, 3.8) is 0 Å². The molecule has 0 fully saturated rings. The molecule has 10 heavy (non-hydrogen) atoms. The van der Waals surface area contributed by atoms with E-state index in [1.807, 2.05) is 18.5 Å². The van der Waals surface area contributed by atoms with Gasteiger partial charge in [-0.1, -0.05) is 6.08 Å². The molecular formula is C8H8N2+. The summed E-state index contributed by atoms with van der Waals surface area (Å²) in [7, 11) is 0. The van der Waals surface area contributed by atoms with Gasteiger partial charge in [0.05, 0.1) is 0 Å². The molecule has 0 amide bonds. The summed E-state index contributed by atoms with van der Waals surface area (Å²) in [5, 5.41) is 0. The topological polar surface area (TPSA) is 26.5 Å². The van der Waals surface area contributed by atoms with Crippen LogP contribution in [0.2, 0.25) is 0 Å². The predicted octanol–water partition coefficient (Wildman–Crippen LogP) is 0.691. The number of fused-ring (bicyclic) bond motifs is 1. The summed E-state index contributed by atoms with van der Waals surface area (Å²) in [4.78, 5) is 8.30. The van der Waals surface area contributed by atoms with Gasteiger partial charge in [0.2, 0.25) is 6.21 Å². The maximum Gasteiger partial charge on any atom is 0.252 e. The van der Waals surface area contributed by atoms with E-state index < -0.39 is 0 Å². The number of nitrogens with zero attached hydrogens (tertiary/aromatic N) is 2. The fourth-order valence-electron chi connectivity index (χ4n) is 1.11. The van der Waals surface area contributed by atoms with Gasteiger partial charge in [-0.25, -0.2) is 0 Å². The highest BCUT2D eigenvalue weighted by molar-refractivity contribution is 6.07. The summed E-state index contributed by atoms with van der Waals surface area (Å²) in [5.74, 6) is 0. The predicted molar refractivity (Wildman–Crippen MR) is 42.3 cm³/mol. The van der Waals surface area contributed by atoms with Gasteiger partial charge in [-0.05, 0) is 12.0 Å². The minimum Gasteiger partial charge on any atom is -0.254 e. The van der Waals surface area contributed by atoms with E-state index in [2.05, 4.69) is 16.1 Å². The molecule has 2 heterocycles. The number of dihydropyridines is 1. The Morgan fingerprint density at radius 2 is 2.50 bits per heavy atom. The Balaban J connectivity index is 2.38. The molecular weight excluding hydrogens is 124 g/mol. The van der Waals surface area contributed by atoms with E-state index in [9.17, 15) is 0 Å². The van der Waals surface area contributed by atoms with E-state index in [1.54, 1.807) is 0 Å². The van der Waals surface area contributed by atoms with Crippen molar-refractivity contribution in [2.24, 2.45) is 4.99 Å². The largest absolute Gasteiger partial charge is 0.254 e. The first-order chi connectivity index (χ1) is 4.97.